The van der Waals surface area contributed by atoms with Gasteiger partial charge in [-0.05, 0) is 17.5 Å². The van der Waals surface area contributed by atoms with Gasteiger partial charge in [0.25, 0.3) is 0 Å². The van der Waals surface area contributed by atoms with Crippen LogP contribution >= 0.6 is 23.1 Å². The first-order chi connectivity index (χ1) is 7.93. The molecule has 3 rings (SSSR count). The summed E-state index contributed by atoms with van der Waals surface area (Å²) in [6, 6.07) is 12.4. The smallest absolute Gasteiger partial charge is 0.134 e. The predicted octanol–water partition coefficient (Wildman–Crippen LogP) is 4.79. The predicted molar refractivity (Wildman–Crippen MR) is 70.1 cm³/mol. The number of para-hydroxylation sites is 1. The lowest BCUT2D eigenvalue weighted by Crippen LogP contribution is -1.75. The van der Waals surface area contributed by atoms with E-state index in [0.29, 0.717) is 0 Å². The first-order valence-corrected chi connectivity index (χ1v) is 6.91. The summed E-state index contributed by atoms with van der Waals surface area (Å²) in [5.74, 6) is 0.970. The van der Waals surface area contributed by atoms with Crippen molar-refractivity contribution in [3.63, 3.8) is 0 Å². The van der Waals surface area contributed by atoms with Gasteiger partial charge in [0.05, 0.1) is 10.5 Å². The Morgan fingerprint density at radius 3 is 2.94 bits per heavy atom. The molecule has 0 amide bonds. The van der Waals surface area contributed by atoms with Gasteiger partial charge in [-0.15, -0.1) is 23.1 Å². The molecule has 0 aliphatic heterocycles. The number of rotatable bonds is 3. The van der Waals surface area contributed by atoms with Crippen LogP contribution in [0.15, 0.2) is 56.7 Å². The average Bonchev–Trinajstić information content (AvgIpc) is 2.96. The highest BCUT2D eigenvalue weighted by molar-refractivity contribution is 8.00. The molecule has 2 heterocycles. The Hall–Kier alpha value is -1.19. The molecule has 1 nitrogen and oxygen atoms in total. The number of furan rings is 1. The van der Waals surface area contributed by atoms with E-state index in [2.05, 4.69) is 29.6 Å². The minimum Gasteiger partial charge on any atom is -0.464 e. The maximum absolute atomic E-state index is 5.51. The average molecular weight is 246 g/mol. The molecule has 0 spiro atoms. The molecule has 2 aromatic heterocycles. The van der Waals surface area contributed by atoms with Crippen molar-refractivity contribution >= 4 is 34.1 Å². The summed E-state index contributed by atoms with van der Waals surface area (Å²) in [7, 11) is 0. The molecular weight excluding hydrogens is 236 g/mol. The normalized spacial score (nSPS) is 11.0. The van der Waals surface area contributed by atoms with E-state index in [1.807, 2.05) is 30.2 Å². The highest BCUT2D eigenvalue weighted by Crippen LogP contribution is 2.30. The maximum atomic E-state index is 5.51. The lowest BCUT2D eigenvalue weighted by atomic mass is 10.2. The van der Waals surface area contributed by atoms with Crippen LogP contribution in [0, 0.1) is 0 Å². The Bertz CT molecular complexity index is 581. The van der Waals surface area contributed by atoms with Gasteiger partial charge in [-0.3, -0.25) is 0 Å². The Labute approximate surface area is 102 Å². The molecule has 0 aliphatic carbocycles. The third-order valence-electron chi connectivity index (χ3n) is 2.43. The van der Waals surface area contributed by atoms with Crippen molar-refractivity contribution in [3.8, 4) is 0 Å². The van der Waals surface area contributed by atoms with Crippen LogP contribution < -0.4 is 0 Å². The number of fused-ring (bicyclic) bond motifs is 1. The molecule has 80 valence electrons. The number of hydrogen-bond donors (Lipinski definition) is 0. The van der Waals surface area contributed by atoms with Crippen LogP contribution in [0.1, 0.15) is 5.56 Å². The van der Waals surface area contributed by atoms with Crippen molar-refractivity contribution < 1.29 is 4.42 Å². The fraction of sp³-hybridized carbons (Fsp3) is 0.0769. The van der Waals surface area contributed by atoms with Gasteiger partial charge in [0, 0.05) is 16.7 Å². The molecule has 0 aliphatic rings. The number of thiophene rings is 1. The van der Waals surface area contributed by atoms with E-state index in [-0.39, 0.29) is 0 Å². The molecule has 0 atom stereocenters. The Kier molecular flexibility index (Phi) is 2.72. The van der Waals surface area contributed by atoms with Crippen LogP contribution in [-0.2, 0) is 5.75 Å². The van der Waals surface area contributed by atoms with Gasteiger partial charge in [-0.25, -0.2) is 0 Å². The molecule has 3 heteroatoms. The molecule has 0 saturated carbocycles. The Balaban J connectivity index is 1.84. The fourth-order valence-corrected chi connectivity index (χ4v) is 3.40. The largest absolute Gasteiger partial charge is 0.464 e. The van der Waals surface area contributed by atoms with E-state index in [1.54, 1.807) is 11.3 Å². The van der Waals surface area contributed by atoms with Crippen molar-refractivity contribution in [2.24, 2.45) is 0 Å². The molecule has 0 bridgehead atoms. The van der Waals surface area contributed by atoms with E-state index in [1.165, 1.54) is 15.2 Å². The van der Waals surface area contributed by atoms with Gasteiger partial charge < -0.3 is 4.42 Å². The second-order valence-corrected chi connectivity index (χ2v) is 5.70. The van der Waals surface area contributed by atoms with Gasteiger partial charge in [0.1, 0.15) is 5.58 Å². The van der Waals surface area contributed by atoms with Crippen molar-refractivity contribution in [1.29, 1.82) is 0 Å². The first kappa shape index (κ1) is 10.00. The SMILES string of the molecule is c1csc(SCc2coc3ccccc23)c1. The van der Waals surface area contributed by atoms with Gasteiger partial charge in [0.2, 0.25) is 0 Å². The summed E-state index contributed by atoms with van der Waals surface area (Å²) in [5, 5.41) is 3.34. The van der Waals surface area contributed by atoms with E-state index in [0.717, 1.165) is 11.3 Å². The van der Waals surface area contributed by atoms with Crippen LogP contribution in [-0.4, -0.2) is 0 Å². The molecule has 0 fully saturated rings. The minimum atomic E-state index is 0.970. The lowest BCUT2D eigenvalue weighted by molar-refractivity contribution is 0.612. The van der Waals surface area contributed by atoms with Crippen LogP contribution in [0.5, 0.6) is 0 Å². The summed E-state index contributed by atoms with van der Waals surface area (Å²) in [6.07, 6.45) is 1.87. The molecule has 0 N–H and O–H groups in total. The van der Waals surface area contributed by atoms with Gasteiger partial charge >= 0.3 is 0 Å². The second-order valence-electron chi connectivity index (χ2n) is 3.48. The summed E-state index contributed by atoms with van der Waals surface area (Å²) in [5.41, 5.74) is 2.25. The molecular formula is C13H10OS2. The molecule has 1 aromatic carbocycles. The zero-order valence-corrected chi connectivity index (χ0v) is 10.2. The van der Waals surface area contributed by atoms with Crippen molar-refractivity contribution in [1.82, 2.24) is 0 Å². The monoisotopic (exact) mass is 246 g/mol. The van der Waals surface area contributed by atoms with E-state index in [4.69, 9.17) is 4.42 Å². The van der Waals surface area contributed by atoms with Crippen LogP contribution in [0.3, 0.4) is 0 Å². The quantitative estimate of drug-likeness (QED) is 0.616. The summed E-state index contributed by atoms with van der Waals surface area (Å²) in [6.45, 7) is 0. The third kappa shape index (κ3) is 1.88. The first-order valence-electron chi connectivity index (χ1n) is 5.05. The number of hydrogen-bond acceptors (Lipinski definition) is 3. The minimum absolute atomic E-state index is 0.970. The molecule has 3 aromatic rings. The topological polar surface area (TPSA) is 13.1 Å². The highest BCUT2D eigenvalue weighted by Gasteiger charge is 2.05. The lowest BCUT2D eigenvalue weighted by Gasteiger charge is -1.95. The van der Waals surface area contributed by atoms with E-state index < -0.39 is 0 Å². The molecule has 0 unspecified atom stereocenters. The summed E-state index contributed by atoms with van der Waals surface area (Å²) in [4.78, 5) is 0. The van der Waals surface area contributed by atoms with Gasteiger partial charge in [0.15, 0.2) is 0 Å². The number of benzene rings is 1. The molecule has 0 saturated heterocycles. The summed E-state index contributed by atoms with van der Waals surface area (Å²) < 4.78 is 6.86. The van der Waals surface area contributed by atoms with Gasteiger partial charge in [-0.1, -0.05) is 24.3 Å². The zero-order chi connectivity index (χ0) is 10.8. The number of thioether (sulfide) groups is 1. The maximum Gasteiger partial charge on any atom is 0.134 e. The van der Waals surface area contributed by atoms with E-state index in [9.17, 15) is 0 Å². The highest BCUT2D eigenvalue weighted by atomic mass is 32.2. The van der Waals surface area contributed by atoms with Crippen molar-refractivity contribution in [3.05, 3.63) is 53.6 Å². The molecule has 0 radical (unpaired) electrons. The second kappa shape index (κ2) is 4.36. The molecule has 16 heavy (non-hydrogen) atoms. The third-order valence-corrected chi connectivity index (χ3v) is 4.61. The Morgan fingerprint density at radius 1 is 1.12 bits per heavy atom. The van der Waals surface area contributed by atoms with Crippen LogP contribution in [0.4, 0.5) is 0 Å². The fourth-order valence-electron chi connectivity index (χ4n) is 1.64. The van der Waals surface area contributed by atoms with Crippen molar-refractivity contribution in [2.75, 3.05) is 0 Å². The standard InChI is InChI=1S/C13H10OS2/c1-2-5-12-11(4-1)10(8-14-12)9-16-13-6-3-7-15-13/h1-8H,9H2. The van der Waals surface area contributed by atoms with Crippen LogP contribution in [0.25, 0.3) is 11.0 Å². The Morgan fingerprint density at radius 2 is 2.06 bits per heavy atom. The zero-order valence-electron chi connectivity index (χ0n) is 8.55. The van der Waals surface area contributed by atoms with Crippen molar-refractivity contribution in [2.45, 2.75) is 9.96 Å². The summed E-state index contributed by atoms with van der Waals surface area (Å²) >= 11 is 3.64. The van der Waals surface area contributed by atoms with Crippen LogP contribution in [0.2, 0.25) is 0 Å². The van der Waals surface area contributed by atoms with E-state index >= 15 is 0 Å². The van der Waals surface area contributed by atoms with Gasteiger partial charge in [-0.2, -0.15) is 0 Å².